The lowest BCUT2D eigenvalue weighted by Gasteiger charge is -2.33. The van der Waals surface area contributed by atoms with Crippen LogP contribution in [0.15, 0.2) is 0 Å². The van der Waals surface area contributed by atoms with Gasteiger partial charge in [-0.3, -0.25) is 4.90 Å². The van der Waals surface area contributed by atoms with Gasteiger partial charge in [0.2, 0.25) is 5.13 Å². The fourth-order valence-corrected chi connectivity index (χ4v) is 2.49. The smallest absolute Gasteiger partial charge is 0.205 e. The predicted octanol–water partition coefficient (Wildman–Crippen LogP) is 0.771. The Morgan fingerprint density at radius 1 is 1.24 bits per heavy atom. The summed E-state index contributed by atoms with van der Waals surface area (Å²) in [6.45, 7) is 7.92. The normalized spacial score (nSPS) is 16.2. The van der Waals surface area contributed by atoms with E-state index in [2.05, 4.69) is 19.2 Å². The maximum Gasteiger partial charge on any atom is 0.205 e. The molecule has 0 saturated carbocycles. The molecule has 0 amide bonds. The van der Waals surface area contributed by atoms with Gasteiger partial charge in [-0.1, -0.05) is 0 Å². The molecule has 1 fully saturated rings. The summed E-state index contributed by atoms with van der Waals surface area (Å²) in [6.07, 6.45) is 0. The van der Waals surface area contributed by atoms with Crippen molar-refractivity contribution in [1.29, 1.82) is 0 Å². The average molecular weight is 300 g/mol. The Bertz CT molecular complexity index is 314. The molecule has 1 saturated heterocycles. The van der Waals surface area contributed by atoms with Crippen LogP contribution < -0.4 is 10.6 Å². The Hall–Kier alpha value is -0.140. The van der Waals surface area contributed by atoms with Crippen molar-refractivity contribution < 1.29 is 0 Å². The highest BCUT2D eigenvalue weighted by atomic mass is 35.5. The van der Waals surface area contributed by atoms with Gasteiger partial charge in [0, 0.05) is 50.8 Å². The van der Waals surface area contributed by atoms with Crippen LogP contribution in [0.4, 0.5) is 5.13 Å². The van der Waals surface area contributed by atoms with Crippen molar-refractivity contribution in [3.8, 4) is 0 Å². The Morgan fingerprint density at radius 3 is 2.35 bits per heavy atom. The number of piperazine rings is 1. The van der Waals surface area contributed by atoms with Crippen LogP contribution in [0, 0.1) is 6.92 Å². The topological polar surface area (TPSA) is 58.3 Å². The Morgan fingerprint density at radius 2 is 1.88 bits per heavy atom. The van der Waals surface area contributed by atoms with Gasteiger partial charge in [0.05, 0.1) is 0 Å². The molecule has 1 aliphatic rings. The summed E-state index contributed by atoms with van der Waals surface area (Å²) in [5, 5.41) is 1.06. The van der Waals surface area contributed by atoms with Crippen molar-refractivity contribution in [2.24, 2.45) is 5.73 Å². The lowest BCUT2D eigenvalue weighted by molar-refractivity contribution is 0.265. The van der Waals surface area contributed by atoms with Crippen molar-refractivity contribution in [1.82, 2.24) is 14.3 Å². The third kappa shape index (κ3) is 4.56. The molecule has 0 radical (unpaired) electrons. The van der Waals surface area contributed by atoms with Crippen molar-refractivity contribution in [2.45, 2.75) is 6.92 Å². The van der Waals surface area contributed by atoms with Gasteiger partial charge in [-0.15, -0.1) is 24.8 Å². The minimum atomic E-state index is 0. The quantitative estimate of drug-likeness (QED) is 0.893. The minimum absolute atomic E-state index is 0. The molecule has 2 N–H and O–H groups in total. The van der Waals surface area contributed by atoms with Crippen LogP contribution in [-0.2, 0) is 0 Å². The second-order valence-corrected chi connectivity index (χ2v) is 4.47. The number of halogens is 2. The van der Waals surface area contributed by atoms with Crippen LogP contribution in [0.5, 0.6) is 0 Å². The molecule has 0 aliphatic carbocycles. The van der Waals surface area contributed by atoms with Crippen LogP contribution in [0.2, 0.25) is 0 Å². The Labute approximate surface area is 118 Å². The molecule has 2 rings (SSSR count). The van der Waals surface area contributed by atoms with E-state index in [1.165, 1.54) is 11.5 Å². The molecule has 0 spiro atoms. The van der Waals surface area contributed by atoms with E-state index < -0.39 is 0 Å². The molecule has 5 nitrogen and oxygen atoms in total. The van der Waals surface area contributed by atoms with Crippen LogP contribution in [0.3, 0.4) is 0 Å². The number of hydrogen-bond donors (Lipinski definition) is 1. The summed E-state index contributed by atoms with van der Waals surface area (Å²) < 4.78 is 4.20. The highest BCUT2D eigenvalue weighted by Gasteiger charge is 2.18. The van der Waals surface area contributed by atoms with E-state index >= 15 is 0 Å². The lowest BCUT2D eigenvalue weighted by Crippen LogP contribution is -2.47. The molecule has 100 valence electrons. The highest BCUT2D eigenvalue weighted by molar-refractivity contribution is 7.09. The van der Waals surface area contributed by atoms with Gasteiger partial charge in [-0.2, -0.15) is 4.37 Å². The zero-order valence-electron chi connectivity index (χ0n) is 9.83. The average Bonchev–Trinajstić information content (AvgIpc) is 2.67. The van der Waals surface area contributed by atoms with Crippen molar-refractivity contribution >= 4 is 41.5 Å². The number of nitrogens with zero attached hydrogens (tertiary/aromatic N) is 4. The number of nitrogens with two attached hydrogens (primary N) is 1. The van der Waals surface area contributed by atoms with Gasteiger partial charge in [0.25, 0.3) is 0 Å². The zero-order chi connectivity index (χ0) is 10.7. The molecule has 0 unspecified atom stereocenters. The van der Waals surface area contributed by atoms with Gasteiger partial charge in [0.15, 0.2) is 0 Å². The summed E-state index contributed by atoms with van der Waals surface area (Å²) in [5.74, 6) is 0.874. The largest absolute Gasteiger partial charge is 0.344 e. The third-order valence-corrected chi connectivity index (χ3v) is 3.47. The summed E-state index contributed by atoms with van der Waals surface area (Å²) in [5.41, 5.74) is 5.53. The van der Waals surface area contributed by atoms with E-state index in [1.807, 2.05) is 6.92 Å². The van der Waals surface area contributed by atoms with E-state index in [4.69, 9.17) is 5.73 Å². The van der Waals surface area contributed by atoms with E-state index in [0.29, 0.717) is 0 Å². The Balaban J connectivity index is 0.00000128. The standard InChI is InChI=1S/C9H17N5S.2ClH/c1-8-11-9(15-12-8)14-6-4-13(3-2-10)5-7-14;;/h2-7,10H2,1H3;2*1H. The molecule has 0 atom stereocenters. The first kappa shape index (κ1) is 16.9. The molecule has 0 aromatic carbocycles. The van der Waals surface area contributed by atoms with Crippen molar-refractivity contribution in [3.63, 3.8) is 0 Å². The lowest BCUT2D eigenvalue weighted by atomic mass is 10.3. The van der Waals surface area contributed by atoms with E-state index in [-0.39, 0.29) is 24.8 Å². The monoisotopic (exact) mass is 299 g/mol. The second-order valence-electron chi connectivity index (χ2n) is 3.74. The first-order chi connectivity index (χ1) is 7.29. The van der Waals surface area contributed by atoms with Gasteiger partial charge in [-0.05, 0) is 6.92 Å². The minimum Gasteiger partial charge on any atom is -0.344 e. The molecule has 1 aliphatic heterocycles. The molecule has 8 heteroatoms. The molecule has 0 bridgehead atoms. The fraction of sp³-hybridized carbons (Fsp3) is 0.778. The number of rotatable bonds is 3. The van der Waals surface area contributed by atoms with E-state index in [0.717, 1.165) is 50.2 Å². The fourth-order valence-electron chi connectivity index (χ4n) is 1.76. The van der Waals surface area contributed by atoms with Crippen molar-refractivity contribution in [2.75, 3.05) is 44.2 Å². The summed E-state index contributed by atoms with van der Waals surface area (Å²) in [7, 11) is 0. The molecule has 17 heavy (non-hydrogen) atoms. The summed E-state index contributed by atoms with van der Waals surface area (Å²) >= 11 is 1.49. The molecule has 2 heterocycles. The first-order valence-electron chi connectivity index (χ1n) is 5.27. The highest BCUT2D eigenvalue weighted by Crippen LogP contribution is 2.18. The van der Waals surface area contributed by atoms with E-state index in [9.17, 15) is 0 Å². The van der Waals surface area contributed by atoms with Crippen molar-refractivity contribution in [3.05, 3.63) is 5.82 Å². The van der Waals surface area contributed by atoms with Gasteiger partial charge >= 0.3 is 0 Å². The third-order valence-electron chi connectivity index (χ3n) is 2.60. The number of anilines is 1. The van der Waals surface area contributed by atoms with Crippen LogP contribution >= 0.6 is 36.3 Å². The van der Waals surface area contributed by atoms with Crippen LogP contribution in [0.1, 0.15) is 5.82 Å². The number of hydrogen-bond acceptors (Lipinski definition) is 6. The number of aryl methyl sites for hydroxylation is 1. The summed E-state index contributed by atoms with van der Waals surface area (Å²) in [4.78, 5) is 9.09. The van der Waals surface area contributed by atoms with Crippen LogP contribution in [-0.4, -0.2) is 53.5 Å². The van der Waals surface area contributed by atoms with E-state index in [1.54, 1.807) is 0 Å². The second kappa shape index (κ2) is 8.05. The van der Waals surface area contributed by atoms with Gasteiger partial charge in [-0.25, -0.2) is 4.98 Å². The molecular weight excluding hydrogens is 281 g/mol. The zero-order valence-corrected chi connectivity index (χ0v) is 12.3. The maximum absolute atomic E-state index is 5.53. The molecule has 1 aromatic heterocycles. The molecular formula is C9H19Cl2N5S. The first-order valence-corrected chi connectivity index (χ1v) is 6.04. The molecule has 1 aromatic rings. The maximum atomic E-state index is 5.53. The van der Waals surface area contributed by atoms with Crippen LogP contribution in [0.25, 0.3) is 0 Å². The summed E-state index contributed by atoms with van der Waals surface area (Å²) in [6, 6.07) is 0. The SMILES string of the molecule is Cc1nsc(N2CCN(CCN)CC2)n1.Cl.Cl. The Kier molecular flexibility index (Phi) is 7.98. The van der Waals surface area contributed by atoms with Gasteiger partial charge < -0.3 is 10.6 Å². The predicted molar refractivity (Wildman–Crippen MR) is 76.8 cm³/mol. The number of aromatic nitrogens is 2. The van der Waals surface area contributed by atoms with Gasteiger partial charge in [0.1, 0.15) is 5.82 Å².